The molecule has 0 radical (unpaired) electrons. The fourth-order valence-electron chi connectivity index (χ4n) is 1.64. The number of halogens is 2. The van der Waals surface area contributed by atoms with Gasteiger partial charge in [0, 0.05) is 20.7 Å². The third-order valence-electron chi connectivity index (χ3n) is 2.66. The third kappa shape index (κ3) is 3.29. The lowest BCUT2D eigenvalue weighted by atomic mass is 10.2. The summed E-state index contributed by atoms with van der Waals surface area (Å²) in [6.45, 7) is 0. The van der Waals surface area contributed by atoms with E-state index in [9.17, 15) is 8.42 Å². The first-order valence-corrected chi connectivity index (χ1v) is 8.23. The van der Waals surface area contributed by atoms with E-state index in [1.807, 2.05) is 0 Å². The minimum atomic E-state index is -3.46. The first kappa shape index (κ1) is 14.4. The van der Waals surface area contributed by atoms with E-state index in [1.54, 1.807) is 42.5 Å². The molecule has 0 unspecified atom stereocenters. The highest BCUT2D eigenvalue weighted by molar-refractivity contribution is 9.10. The van der Waals surface area contributed by atoms with Gasteiger partial charge in [0.25, 0.3) is 0 Å². The minimum Gasteiger partial charge on any atom is -0.398 e. The molecule has 0 aromatic heterocycles. The molecule has 0 amide bonds. The van der Waals surface area contributed by atoms with Crippen LogP contribution in [0, 0.1) is 0 Å². The quantitative estimate of drug-likeness (QED) is 0.850. The second-order valence-corrected chi connectivity index (χ2v) is 7.33. The van der Waals surface area contributed by atoms with Crippen LogP contribution in [0.5, 0.6) is 0 Å². The standard InChI is InChI=1S/C13H11BrClNO2S/c14-9-4-6-10(7-5-9)19(17,18)8-11-12(15)2-1-3-13(11)16/h1-7H,8,16H2. The summed E-state index contributed by atoms with van der Waals surface area (Å²) in [7, 11) is -3.46. The summed E-state index contributed by atoms with van der Waals surface area (Å²) >= 11 is 9.26. The van der Waals surface area contributed by atoms with Crippen molar-refractivity contribution in [2.75, 3.05) is 5.73 Å². The maximum absolute atomic E-state index is 12.3. The van der Waals surface area contributed by atoms with Crippen molar-refractivity contribution >= 4 is 43.1 Å². The molecular weight excluding hydrogens is 350 g/mol. The molecule has 0 atom stereocenters. The summed E-state index contributed by atoms with van der Waals surface area (Å²) in [6, 6.07) is 11.4. The molecule has 2 aromatic carbocycles. The van der Waals surface area contributed by atoms with E-state index in [1.165, 1.54) is 0 Å². The largest absolute Gasteiger partial charge is 0.398 e. The Morgan fingerprint density at radius 2 is 1.74 bits per heavy atom. The number of hydrogen-bond donors (Lipinski definition) is 1. The average molecular weight is 361 g/mol. The first-order chi connectivity index (χ1) is 8.90. The summed E-state index contributed by atoms with van der Waals surface area (Å²) in [4.78, 5) is 0.245. The molecule has 0 saturated heterocycles. The molecule has 19 heavy (non-hydrogen) atoms. The van der Waals surface area contributed by atoms with Gasteiger partial charge in [0.15, 0.2) is 9.84 Å². The molecule has 6 heteroatoms. The monoisotopic (exact) mass is 359 g/mol. The SMILES string of the molecule is Nc1cccc(Cl)c1CS(=O)(=O)c1ccc(Br)cc1. The Labute approximate surface area is 125 Å². The van der Waals surface area contributed by atoms with Gasteiger partial charge in [0.05, 0.1) is 10.6 Å². The number of rotatable bonds is 3. The Bertz CT molecular complexity index is 679. The number of hydrogen-bond acceptors (Lipinski definition) is 3. The highest BCUT2D eigenvalue weighted by Gasteiger charge is 2.18. The van der Waals surface area contributed by atoms with Crippen molar-refractivity contribution in [3.63, 3.8) is 0 Å². The van der Waals surface area contributed by atoms with Crippen LogP contribution in [-0.4, -0.2) is 8.42 Å². The molecule has 2 rings (SSSR count). The molecule has 0 fully saturated rings. The van der Waals surface area contributed by atoms with Crippen molar-refractivity contribution < 1.29 is 8.42 Å². The van der Waals surface area contributed by atoms with Crippen LogP contribution in [0.15, 0.2) is 51.8 Å². The van der Waals surface area contributed by atoms with E-state index in [4.69, 9.17) is 17.3 Å². The zero-order valence-electron chi connectivity index (χ0n) is 9.81. The molecule has 0 spiro atoms. The van der Waals surface area contributed by atoms with Crippen LogP contribution in [0.4, 0.5) is 5.69 Å². The molecule has 2 N–H and O–H groups in total. The normalized spacial score (nSPS) is 11.5. The molecule has 100 valence electrons. The van der Waals surface area contributed by atoms with Gasteiger partial charge >= 0.3 is 0 Å². The Morgan fingerprint density at radius 1 is 1.11 bits per heavy atom. The molecule has 3 nitrogen and oxygen atoms in total. The van der Waals surface area contributed by atoms with Gasteiger partial charge in [-0.2, -0.15) is 0 Å². The van der Waals surface area contributed by atoms with Gasteiger partial charge in [-0.15, -0.1) is 0 Å². The van der Waals surface area contributed by atoms with E-state index in [0.717, 1.165) is 4.47 Å². The number of anilines is 1. The maximum Gasteiger partial charge on any atom is 0.182 e. The predicted molar refractivity (Wildman–Crippen MR) is 80.9 cm³/mol. The molecule has 2 aromatic rings. The summed E-state index contributed by atoms with van der Waals surface area (Å²) < 4.78 is 25.4. The number of nitrogens with two attached hydrogens (primary N) is 1. The second-order valence-electron chi connectivity index (χ2n) is 4.02. The second kappa shape index (κ2) is 5.53. The lowest BCUT2D eigenvalue weighted by Crippen LogP contribution is -2.07. The smallest absolute Gasteiger partial charge is 0.182 e. The molecule has 0 bridgehead atoms. The van der Waals surface area contributed by atoms with Crippen molar-refractivity contribution in [2.45, 2.75) is 10.6 Å². The Hall–Kier alpha value is -1.04. The van der Waals surface area contributed by atoms with Gasteiger partial charge in [-0.1, -0.05) is 33.6 Å². The Morgan fingerprint density at radius 3 is 2.32 bits per heavy atom. The molecule has 0 aliphatic rings. The van der Waals surface area contributed by atoms with Crippen LogP contribution in [0.3, 0.4) is 0 Å². The zero-order valence-corrected chi connectivity index (χ0v) is 13.0. The van der Waals surface area contributed by atoms with Crippen LogP contribution < -0.4 is 5.73 Å². The van der Waals surface area contributed by atoms with Crippen LogP contribution >= 0.6 is 27.5 Å². The van der Waals surface area contributed by atoms with Gasteiger partial charge in [-0.3, -0.25) is 0 Å². The fourth-order valence-corrected chi connectivity index (χ4v) is 3.65. The van der Waals surface area contributed by atoms with E-state index in [-0.39, 0.29) is 10.6 Å². The summed E-state index contributed by atoms with van der Waals surface area (Å²) in [5.41, 5.74) is 6.59. The van der Waals surface area contributed by atoms with Crippen molar-refractivity contribution in [3.05, 3.63) is 57.5 Å². The molecule has 0 heterocycles. The minimum absolute atomic E-state index is 0.208. The van der Waals surface area contributed by atoms with Crippen LogP contribution in [0.2, 0.25) is 5.02 Å². The summed E-state index contributed by atoms with van der Waals surface area (Å²) in [5, 5.41) is 0.362. The Balaban J connectivity index is 2.39. The zero-order chi connectivity index (χ0) is 14.0. The van der Waals surface area contributed by atoms with Gasteiger partial charge in [-0.05, 0) is 36.4 Å². The molecule has 0 aliphatic heterocycles. The fraction of sp³-hybridized carbons (Fsp3) is 0.0769. The van der Waals surface area contributed by atoms with Crippen LogP contribution in [-0.2, 0) is 15.6 Å². The number of nitrogen functional groups attached to an aromatic ring is 1. The van der Waals surface area contributed by atoms with Gasteiger partial charge < -0.3 is 5.73 Å². The van der Waals surface area contributed by atoms with Gasteiger partial charge in [-0.25, -0.2) is 8.42 Å². The lowest BCUT2D eigenvalue weighted by Gasteiger charge is -2.09. The average Bonchev–Trinajstić information content (AvgIpc) is 2.35. The van der Waals surface area contributed by atoms with Gasteiger partial charge in [0.2, 0.25) is 0 Å². The number of sulfone groups is 1. The Kier molecular flexibility index (Phi) is 4.18. The van der Waals surface area contributed by atoms with Crippen LogP contribution in [0.1, 0.15) is 5.56 Å². The molecular formula is C13H11BrClNO2S. The van der Waals surface area contributed by atoms with E-state index >= 15 is 0 Å². The highest BCUT2D eigenvalue weighted by Crippen LogP contribution is 2.27. The van der Waals surface area contributed by atoms with Crippen molar-refractivity contribution in [1.29, 1.82) is 0 Å². The number of benzene rings is 2. The lowest BCUT2D eigenvalue weighted by molar-refractivity contribution is 0.595. The predicted octanol–water partition coefficient (Wildman–Crippen LogP) is 3.66. The maximum atomic E-state index is 12.3. The van der Waals surface area contributed by atoms with Crippen molar-refractivity contribution in [3.8, 4) is 0 Å². The van der Waals surface area contributed by atoms with E-state index < -0.39 is 9.84 Å². The highest BCUT2D eigenvalue weighted by atomic mass is 79.9. The van der Waals surface area contributed by atoms with Gasteiger partial charge in [0.1, 0.15) is 0 Å². The molecule has 0 saturated carbocycles. The van der Waals surface area contributed by atoms with Crippen molar-refractivity contribution in [2.24, 2.45) is 0 Å². The van der Waals surface area contributed by atoms with Crippen LogP contribution in [0.25, 0.3) is 0 Å². The van der Waals surface area contributed by atoms with Crippen molar-refractivity contribution in [1.82, 2.24) is 0 Å². The summed E-state index contributed by atoms with van der Waals surface area (Å²) in [5.74, 6) is -0.208. The summed E-state index contributed by atoms with van der Waals surface area (Å²) in [6.07, 6.45) is 0. The third-order valence-corrected chi connectivity index (χ3v) is 5.20. The van der Waals surface area contributed by atoms with E-state index in [0.29, 0.717) is 16.3 Å². The molecule has 0 aliphatic carbocycles. The van der Waals surface area contributed by atoms with E-state index in [2.05, 4.69) is 15.9 Å². The topological polar surface area (TPSA) is 60.2 Å². The first-order valence-electron chi connectivity index (χ1n) is 5.41.